The summed E-state index contributed by atoms with van der Waals surface area (Å²) in [5.74, 6) is 0. The average molecular weight is 278 g/mol. The van der Waals surface area contributed by atoms with Crippen molar-refractivity contribution in [3.8, 4) is 0 Å². The molecule has 1 N–H and O–H groups in total. The van der Waals surface area contributed by atoms with E-state index in [0.29, 0.717) is 13.2 Å². The smallest absolute Gasteiger partial charge is 0.0727 e. The van der Waals surface area contributed by atoms with Gasteiger partial charge in [-0.1, -0.05) is 66.7 Å². The molecule has 2 nitrogen and oxygen atoms in total. The summed E-state index contributed by atoms with van der Waals surface area (Å²) in [6.45, 7) is 1.24. The van der Waals surface area contributed by atoms with Crippen LogP contribution >= 0.6 is 0 Å². The van der Waals surface area contributed by atoms with E-state index in [4.69, 9.17) is 4.74 Å². The molecule has 2 heteroatoms. The Kier molecular flexibility index (Phi) is 4.29. The SMILES string of the molecule is OCc1cccc2c(COCc3ccccc3)cccc12. The van der Waals surface area contributed by atoms with E-state index in [1.165, 1.54) is 5.56 Å². The number of hydrogen-bond donors (Lipinski definition) is 1. The molecule has 0 fully saturated rings. The molecular weight excluding hydrogens is 260 g/mol. The van der Waals surface area contributed by atoms with Crippen molar-refractivity contribution in [2.45, 2.75) is 19.8 Å². The zero-order valence-electron chi connectivity index (χ0n) is 11.8. The summed E-state index contributed by atoms with van der Waals surface area (Å²) in [6, 6.07) is 22.3. The summed E-state index contributed by atoms with van der Waals surface area (Å²) in [5.41, 5.74) is 3.28. The fourth-order valence-corrected chi connectivity index (χ4v) is 2.56. The molecule has 3 aromatic carbocycles. The molecule has 0 aliphatic rings. The first-order valence-corrected chi connectivity index (χ1v) is 7.10. The highest BCUT2D eigenvalue weighted by atomic mass is 16.5. The quantitative estimate of drug-likeness (QED) is 0.763. The molecule has 0 aromatic heterocycles. The third-order valence-electron chi connectivity index (χ3n) is 3.64. The molecule has 3 aromatic rings. The van der Waals surface area contributed by atoms with Gasteiger partial charge in [0.2, 0.25) is 0 Å². The van der Waals surface area contributed by atoms with E-state index < -0.39 is 0 Å². The van der Waals surface area contributed by atoms with Crippen molar-refractivity contribution >= 4 is 10.8 Å². The fourth-order valence-electron chi connectivity index (χ4n) is 2.56. The van der Waals surface area contributed by atoms with Gasteiger partial charge in [-0.05, 0) is 27.5 Å². The maximum atomic E-state index is 9.42. The summed E-state index contributed by atoms with van der Waals surface area (Å²) < 4.78 is 5.82. The van der Waals surface area contributed by atoms with Gasteiger partial charge < -0.3 is 9.84 Å². The van der Waals surface area contributed by atoms with E-state index in [0.717, 1.165) is 21.9 Å². The van der Waals surface area contributed by atoms with Gasteiger partial charge in [-0.2, -0.15) is 0 Å². The largest absolute Gasteiger partial charge is 0.392 e. The summed E-state index contributed by atoms with van der Waals surface area (Å²) in [4.78, 5) is 0. The van der Waals surface area contributed by atoms with Crippen molar-refractivity contribution in [2.24, 2.45) is 0 Å². The zero-order chi connectivity index (χ0) is 14.5. The van der Waals surface area contributed by atoms with Crippen LogP contribution in [0.5, 0.6) is 0 Å². The highest BCUT2D eigenvalue weighted by Gasteiger charge is 2.04. The lowest BCUT2D eigenvalue weighted by Gasteiger charge is -2.10. The van der Waals surface area contributed by atoms with Crippen LogP contribution < -0.4 is 0 Å². The van der Waals surface area contributed by atoms with E-state index in [9.17, 15) is 5.11 Å². The highest BCUT2D eigenvalue weighted by molar-refractivity contribution is 5.88. The number of rotatable bonds is 5. The van der Waals surface area contributed by atoms with Gasteiger partial charge in [0.25, 0.3) is 0 Å². The van der Waals surface area contributed by atoms with Gasteiger partial charge in [0.05, 0.1) is 19.8 Å². The molecule has 0 unspecified atom stereocenters. The van der Waals surface area contributed by atoms with E-state index >= 15 is 0 Å². The molecule has 106 valence electrons. The van der Waals surface area contributed by atoms with Crippen LogP contribution in [-0.4, -0.2) is 5.11 Å². The van der Waals surface area contributed by atoms with Gasteiger partial charge in [-0.3, -0.25) is 0 Å². The first kappa shape index (κ1) is 13.8. The molecule has 0 atom stereocenters. The summed E-state index contributed by atoms with van der Waals surface area (Å²) in [6.07, 6.45) is 0. The number of aliphatic hydroxyl groups excluding tert-OH is 1. The first-order valence-electron chi connectivity index (χ1n) is 7.10. The summed E-state index contributed by atoms with van der Waals surface area (Å²) >= 11 is 0. The Labute approximate surface area is 124 Å². The number of ether oxygens (including phenoxy) is 1. The first-order chi connectivity index (χ1) is 10.4. The maximum Gasteiger partial charge on any atom is 0.0727 e. The minimum Gasteiger partial charge on any atom is -0.392 e. The van der Waals surface area contributed by atoms with Crippen molar-refractivity contribution in [2.75, 3.05) is 0 Å². The van der Waals surface area contributed by atoms with E-state index in [2.05, 4.69) is 24.3 Å². The van der Waals surface area contributed by atoms with Gasteiger partial charge in [0, 0.05) is 0 Å². The molecular formula is C19H18O2. The maximum absolute atomic E-state index is 9.42. The Morgan fingerprint density at radius 1 is 0.667 bits per heavy atom. The number of fused-ring (bicyclic) bond motifs is 1. The van der Waals surface area contributed by atoms with E-state index in [1.54, 1.807) is 0 Å². The highest BCUT2D eigenvalue weighted by Crippen LogP contribution is 2.23. The predicted molar refractivity (Wildman–Crippen MR) is 84.8 cm³/mol. The third-order valence-corrected chi connectivity index (χ3v) is 3.64. The minimum atomic E-state index is 0.0612. The van der Waals surface area contributed by atoms with Crippen molar-refractivity contribution in [3.05, 3.63) is 83.4 Å². The Morgan fingerprint density at radius 3 is 2.05 bits per heavy atom. The standard InChI is InChI=1S/C19H18O2/c20-12-16-8-4-11-19-17(9-5-10-18(16)19)14-21-13-15-6-2-1-3-7-15/h1-11,20H,12-14H2. The van der Waals surface area contributed by atoms with Crippen molar-refractivity contribution in [1.82, 2.24) is 0 Å². The lowest BCUT2D eigenvalue weighted by Crippen LogP contribution is -1.96. The van der Waals surface area contributed by atoms with Gasteiger partial charge >= 0.3 is 0 Å². The van der Waals surface area contributed by atoms with E-state index in [-0.39, 0.29) is 6.61 Å². The lowest BCUT2D eigenvalue weighted by molar-refractivity contribution is 0.108. The van der Waals surface area contributed by atoms with Crippen LogP contribution in [-0.2, 0) is 24.6 Å². The average Bonchev–Trinajstić information content (AvgIpc) is 2.55. The monoisotopic (exact) mass is 278 g/mol. The minimum absolute atomic E-state index is 0.0612. The zero-order valence-corrected chi connectivity index (χ0v) is 11.8. The van der Waals surface area contributed by atoms with Crippen LogP contribution in [0.15, 0.2) is 66.7 Å². The summed E-state index contributed by atoms with van der Waals surface area (Å²) in [7, 11) is 0. The van der Waals surface area contributed by atoms with Crippen molar-refractivity contribution in [1.29, 1.82) is 0 Å². The number of hydrogen-bond acceptors (Lipinski definition) is 2. The molecule has 0 saturated carbocycles. The molecule has 0 saturated heterocycles. The van der Waals surface area contributed by atoms with Crippen LogP contribution in [0.1, 0.15) is 16.7 Å². The Hall–Kier alpha value is -2.16. The number of aliphatic hydroxyl groups is 1. The second kappa shape index (κ2) is 6.53. The van der Waals surface area contributed by atoms with Crippen LogP contribution in [0, 0.1) is 0 Å². The topological polar surface area (TPSA) is 29.5 Å². The number of benzene rings is 3. The molecule has 0 radical (unpaired) electrons. The fraction of sp³-hybridized carbons (Fsp3) is 0.158. The normalized spacial score (nSPS) is 10.9. The predicted octanol–water partition coefficient (Wildman–Crippen LogP) is 4.05. The molecule has 0 amide bonds. The van der Waals surface area contributed by atoms with Crippen LogP contribution in [0.2, 0.25) is 0 Å². The molecule has 0 spiro atoms. The molecule has 21 heavy (non-hydrogen) atoms. The molecule has 0 aliphatic carbocycles. The van der Waals surface area contributed by atoms with Gasteiger partial charge in [-0.15, -0.1) is 0 Å². The Balaban J connectivity index is 1.78. The second-order valence-corrected chi connectivity index (χ2v) is 5.07. The molecule has 0 aliphatic heterocycles. The van der Waals surface area contributed by atoms with Crippen molar-refractivity contribution in [3.63, 3.8) is 0 Å². The van der Waals surface area contributed by atoms with Crippen molar-refractivity contribution < 1.29 is 9.84 Å². The third kappa shape index (κ3) is 3.13. The summed E-state index contributed by atoms with van der Waals surface area (Å²) in [5, 5.41) is 11.7. The Morgan fingerprint density at radius 2 is 1.33 bits per heavy atom. The van der Waals surface area contributed by atoms with Gasteiger partial charge in [-0.25, -0.2) is 0 Å². The molecule has 3 rings (SSSR count). The van der Waals surface area contributed by atoms with Crippen LogP contribution in [0.4, 0.5) is 0 Å². The van der Waals surface area contributed by atoms with Gasteiger partial charge in [0.15, 0.2) is 0 Å². The van der Waals surface area contributed by atoms with Crippen LogP contribution in [0.25, 0.3) is 10.8 Å². The molecule has 0 bridgehead atoms. The van der Waals surface area contributed by atoms with Gasteiger partial charge in [0.1, 0.15) is 0 Å². The Bertz CT molecular complexity index is 720. The van der Waals surface area contributed by atoms with E-state index in [1.807, 2.05) is 42.5 Å². The van der Waals surface area contributed by atoms with Crippen LogP contribution in [0.3, 0.4) is 0 Å². The molecule has 0 heterocycles. The second-order valence-electron chi connectivity index (χ2n) is 5.07. The lowest BCUT2D eigenvalue weighted by atomic mass is 10.0.